The summed E-state index contributed by atoms with van der Waals surface area (Å²) in [6.45, 7) is 0. The summed E-state index contributed by atoms with van der Waals surface area (Å²) in [6, 6.07) is -1.50. The van der Waals surface area contributed by atoms with E-state index in [4.69, 9.17) is 5.11 Å². The van der Waals surface area contributed by atoms with Crippen LogP contribution >= 0.6 is 0 Å². The quantitative estimate of drug-likeness (QED) is 0.332. The van der Waals surface area contributed by atoms with Crippen LogP contribution in [0.2, 0.25) is 0 Å². The van der Waals surface area contributed by atoms with Crippen molar-refractivity contribution in [2.75, 3.05) is 0 Å². The Bertz CT molecular complexity index is 561. The summed E-state index contributed by atoms with van der Waals surface area (Å²) in [5.74, 6) is -2.08. The summed E-state index contributed by atoms with van der Waals surface area (Å²) in [7, 11) is 0. The number of hydrogen-bond acceptors (Lipinski definition) is 5. The van der Waals surface area contributed by atoms with Gasteiger partial charge in [-0.25, -0.2) is 9.80 Å². The van der Waals surface area contributed by atoms with Crippen molar-refractivity contribution in [1.29, 1.82) is 0 Å². The van der Waals surface area contributed by atoms with Crippen LogP contribution in [0.4, 0.5) is 4.79 Å². The van der Waals surface area contributed by atoms with Gasteiger partial charge in [-0.15, -0.1) is 0 Å². The lowest BCUT2D eigenvalue weighted by molar-refractivity contribution is -0.138. The highest BCUT2D eigenvalue weighted by Crippen LogP contribution is 2.26. The molecule has 2 aliphatic rings. The van der Waals surface area contributed by atoms with Gasteiger partial charge in [-0.2, -0.15) is 0 Å². The predicted octanol–water partition coefficient (Wildman–Crippen LogP) is 1.30. The molecule has 152 valence electrons. The summed E-state index contributed by atoms with van der Waals surface area (Å²) in [6.07, 6.45) is 6.55. The number of imide groups is 1. The molecule has 1 aliphatic carbocycles. The second-order valence-corrected chi connectivity index (χ2v) is 7.35. The van der Waals surface area contributed by atoms with Crippen LogP contribution in [0.5, 0.6) is 0 Å². The van der Waals surface area contributed by atoms with Crippen molar-refractivity contribution in [3.63, 3.8) is 0 Å². The van der Waals surface area contributed by atoms with Crippen molar-refractivity contribution in [3.8, 4) is 0 Å². The van der Waals surface area contributed by atoms with Crippen molar-refractivity contribution >= 4 is 23.8 Å². The van der Waals surface area contributed by atoms with Gasteiger partial charge >= 0.3 is 12.0 Å². The van der Waals surface area contributed by atoms with E-state index in [9.17, 15) is 24.3 Å². The third-order valence-electron chi connectivity index (χ3n) is 5.28. The Hall–Kier alpha value is -2.16. The molecule has 1 aliphatic heterocycles. The van der Waals surface area contributed by atoms with Gasteiger partial charge in [0.25, 0.3) is 11.8 Å². The Balaban J connectivity index is 1.81. The number of carboxylic acids is 1. The molecule has 0 spiro atoms. The van der Waals surface area contributed by atoms with Crippen molar-refractivity contribution in [1.82, 2.24) is 15.8 Å². The number of urea groups is 1. The minimum absolute atomic E-state index is 0.115. The fraction of sp³-hybridized carbons (Fsp3) is 0.778. The van der Waals surface area contributed by atoms with E-state index < -0.39 is 36.0 Å². The van der Waals surface area contributed by atoms with E-state index in [-0.39, 0.29) is 12.3 Å². The Morgan fingerprint density at radius 3 is 2.44 bits per heavy atom. The topological polar surface area (TPSA) is 136 Å². The standard InChI is InChI=1S/C18H29N3O6/c22-14(23)11-7-2-1-6-10-13-16(25)19-18(27)21(13)20-17(26)15(24)12-8-4-3-5-9-12/h12-13,15,24H,1-11H2,(H,20,26)(H,22,23)(H,19,25,27)/t13-,15-/m1/s1. The molecular weight excluding hydrogens is 354 g/mol. The third-order valence-corrected chi connectivity index (χ3v) is 5.28. The molecule has 1 heterocycles. The van der Waals surface area contributed by atoms with Crippen LogP contribution in [0.3, 0.4) is 0 Å². The lowest BCUT2D eigenvalue weighted by atomic mass is 9.85. The fourth-order valence-corrected chi connectivity index (χ4v) is 3.71. The number of aliphatic hydroxyl groups excluding tert-OH is 1. The molecule has 4 amide bonds. The minimum atomic E-state index is -1.19. The number of unbranched alkanes of at least 4 members (excludes halogenated alkanes) is 3. The van der Waals surface area contributed by atoms with Gasteiger partial charge in [0.15, 0.2) is 0 Å². The first kappa shape index (κ1) is 21.1. The number of carboxylic acid groups (broad SMARTS) is 1. The van der Waals surface area contributed by atoms with Crippen LogP contribution in [0, 0.1) is 5.92 Å². The minimum Gasteiger partial charge on any atom is -0.481 e. The highest BCUT2D eigenvalue weighted by molar-refractivity contribution is 6.04. The predicted molar refractivity (Wildman–Crippen MR) is 95.2 cm³/mol. The molecular formula is C18H29N3O6. The van der Waals surface area contributed by atoms with E-state index in [1.54, 1.807) is 0 Å². The molecule has 0 aromatic carbocycles. The summed E-state index contributed by atoms with van der Waals surface area (Å²) >= 11 is 0. The number of aliphatic hydroxyl groups is 1. The summed E-state index contributed by atoms with van der Waals surface area (Å²) in [5, 5.41) is 22.0. The van der Waals surface area contributed by atoms with E-state index in [1.165, 1.54) is 0 Å². The second-order valence-electron chi connectivity index (χ2n) is 7.35. The van der Waals surface area contributed by atoms with Gasteiger partial charge in [-0.05, 0) is 31.6 Å². The summed E-state index contributed by atoms with van der Waals surface area (Å²) in [5.41, 5.74) is 2.41. The molecule has 1 saturated heterocycles. The zero-order chi connectivity index (χ0) is 19.8. The zero-order valence-corrected chi connectivity index (χ0v) is 15.5. The lowest BCUT2D eigenvalue weighted by Gasteiger charge is -2.28. The number of rotatable bonds is 10. The van der Waals surface area contributed by atoms with Crippen molar-refractivity contribution in [3.05, 3.63) is 0 Å². The van der Waals surface area contributed by atoms with Gasteiger partial charge in [-0.1, -0.05) is 38.5 Å². The van der Waals surface area contributed by atoms with Crippen LogP contribution in [0.1, 0.15) is 70.6 Å². The SMILES string of the molecule is O=C(O)CCCCCC[C@@H]1C(=O)NC(=O)N1NC(=O)[C@H](O)C1CCCCC1. The number of nitrogens with zero attached hydrogens (tertiary/aromatic N) is 1. The van der Waals surface area contributed by atoms with Crippen LogP contribution in [0.15, 0.2) is 0 Å². The van der Waals surface area contributed by atoms with Crippen LogP contribution in [-0.2, 0) is 14.4 Å². The summed E-state index contributed by atoms with van der Waals surface area (Å²) in [4.78, 5) is 46.8. The van der Waals surface area contributed by atoms with Gasteiger partial charge in [0.05, 0.1) is 0 Å². The molecule has 27 heavy (non-hydrogen) atoms. The highest BCUT2D eigenvalue weighted by atomic mass is 16.4. The lowest BCUT2D eigenvalue weighted by Crippen LogP contribution is -2.53. The Morgan fingerprint density at radius 2 is 1.78 bits per heavy atom. The first-order chi connectivity index (χ1) is 12.9. The first-order valence-corrected chi connectivity index (χ1v) is 9.74. The van der Waals surface area contributed by atoms with Crippen LogP contribution in [0.25, 0.3) is 0 Å². The number of carbonyl (C=O) groups is 4. The molecule has 2 atom stereocenters. The number of carbonyl (C=O) groups excluding carboxylic acids is 3. The molecule has 4 N–H and O–H groups in total. The number of amides is 4. The van der Waals surface area contributed by atoms with Crippen LogP contribution < -0.4 is 10.7 Å². The van der Waals surface area contributed by atoms with E-state index in [0.717, 1.165) is 50.0 Å². The Kier molecular flexibility index (Phi) is 8.02. The third kappa shape index (κ3) is 6.20. The molecule has 0 bridgehead atoms. The van der Waals surface area contributed by atoms with Gasteiger partial charge < -0.3 is 10.2 Å². The van der Waals surface area contributed by atoms with Gasteiger partial charge in [0.2, 0.25) is 0 Å². The molecule has 9 heteroatoms. The van der Waals surface area contributed by atoms with Crippen molar-refractivity contribution in [2.24, 2.45) is 5.92 Å². The van der Waals surface area contributed by atoms with Gasteiger partial charge in [0, 0.05) is 6.42 Å². The zero-order valence-electron chi connectivity index (χ0n) is 15.5. The number of aliphatic carboxylic acids is 1. The number of hydrazine groups is 1. The maximum Gasteiger partial charge on any atom is 0.343 e. The van der Waals surface area contributed by atoms with Gasteiger partial charge in [-0.3, -0.25) is 25.1 Å². The fourth-order valence-electron chi connectivity index (χ4n) is 3.71. The molecule has 0 unspecified atom stereocenters. The van der Waals surface area contributed by atoms with E-state index >= 15 is 0 Å². The smallest absolute Gasteiger partial charge is 0.343 e. The van der Waals surface area contributed by atoms with E-state index in [1.807, 2.05) is 0 Å². The maximum absolute atomic E-state index is 12.3. The average Bonchev–Trinajstić information content (AvgIpc) is 2.91. The molecule has 1 saturated carbocycles. The van der Waals surface area contributed by atoms with E-state index in [0.29, 0.717) is 19.3 Å². The van der Waals surface area contributed by atoms with Crippen molar-refractivity contribution < 1.29 is 29.4 Å². The number of nitrogens with one attached hydrogen (secondary N) is 2. The maximum atomic E-state index is 12.3. The van der Waals surface area contributed by atoms with E-state index in [2.05, 4.69) is 10.7 Å². The molecule has 0 aromatic rings. The summed E-state index contributed by atoms with van der Waals surface area (Å²) < 4.78 is 0. The van der Waals surface area contributed by atoms with Crippen molar-refractivity contribution in [2.45, 2.75) is 82.8 Å². The molecule has 9 nitrogen and oxygen atoms in total. The van der Waals surface area contributed by atoms with Crippen LogP contribution in [-0.4, -0.2) is 51.2 Å². The Labute approximate surface area is 158 Å². The molecule has 0 aromatic heterocycles. The molecule has 2 fully saturated rings. The molecule has 0 radical (unpaired) electrons. The molecule has 2 rings (SSSR count). The Morgan fingerprint density at radius 1 is 1.11 bits per heavy atom. The average molecular weight is 383 g/mol. The number of hydrogen-bond donors (Lipinski definition) is 4. The normalized spacial score (nSPS) is 21.8. The second kappa shape index (κ2) is 10.2. The highest BCUT2D eigenvalue weighted by Gasteiger charge is 2.40. The largest absolute Gasteiger partial charge is 0.481 e. The first-order valence-electron chi connectivity index (χ1n) is 9.74. The monoisotopic (exact) mass is 383 g/mol. The van der Waals surface area contributed by atoms with Gasteiger partial charge in [0.1, 0.15) is 12.1 Å².